The summed E-state index contributed by atoms with van der Waals surface area (Å²) in [5.74, 6) is -0.456. The molecule has 0 heterocycles. The second-order valence-corrected chi connectivity index (χ2v) is 8.92. The number of sulfone groups is 2. The molecule has 0 bridgehead atoms. The fourth-order valence-electron chi connectivity index (χ4n) is 1.86. The third-order valence-electron chi connectivity index (χ3n) is 2.80. The van der Waals surface area contributed by atoms with E-state index in [-0.39, 0.29) is 16.8 Å². The molecule has 0 amide bonds. The van der Waals surface area contributed by atoms with E-state index in [0.717, 1.165) is 25.5 Å². The zero-order valence-corrected chi connectivity index (χ0v) is 10.6. The van der Waals surface area contributed by atoms with Crippen LogP contribution in [0.4, 0.5) is 0 Å². The minimum absolute atomic E-state index is 0.212. The first-order valence-corrected chi connectivity index (χ1v) is 8.98. The van der Waals surface area contributed by atoms with E-state index in [2.05, 4.69) is 0 Å². The van der Waals surface area contributed by atoms with Crippen LogP contribution in [0, 0.1) is 0 Å². The van der Waals surface area contributed by atoms with Crippen LogP contribution in [0.3, 0.4) is 0 Å². The molecule has 0 atom stereocenters. The molecule has 1 aliphatic rings. The van der Waals surface area contributed by atoms with E-state index < -0.39 is 19.7 Å². The highest BCUT2D eigenvalue weighted by molar-refractivity contribution is 7.95. The average molecular weight is 254 g/mol. The molecule has 6 heteroatoms. The lowest BCUT2D eigenvalue weighted by Gasteiger charge is -2.21. The van der Waals surface area contributed by atoms with E-state index in [1.807, 2.05) is 0 Å². The first kappa shape index (κ1) is 13.0. The summed E-state index contributed by atoms with van der Waals surface area (Å²) in [5, 5.41) is -0.298. The summed E-state index contributed by atoms with van der Waals surface area (Å²) in [5.41, 5.74) is 0. The van der Waals surface area contributed by atoms with Gasteiger partial charge in [-0.1, -0.05) is 19.3 Å². The molecule has 0 aromatic rings. The van der Waals surface area contributed by atoms with Crippen LogP contribution in [-0.4, -0.2) is 39.8 Å². The van der Waals surface area contributed by atoms with Gasteiger partial charge in [-0.15, -0.1) is 0 Å². The maximum atomic E-state index is 11.8. The van der Waals surface area contributed by atoms with E-state index in [1.54, 1.807) is 0 Å². The second kappa shape index (κ2) is 4.82. The van der Waals surface area contributed by atoms with Crippen molar-refractivity contribution in [1.29, 1.82) is 0 Å². The van der Waals surface area contributed by atoms with Crippen molar-refractivity contribution < 1.29 is 16.8 Å². The zero-order valence-electron chi connectivity index (χ0n) is 8.98. The van der Waals surface area contributed by atoms with Gasteiger partial charge in [0.15, 0.2) is 9.84 Å². The Morgan fingerprint density at radius 2 is 1.47 bits per heavy atom. The number of rotatable bonds is 4. The Morgan fingerprint density at radius 1 is 0.933 bits per heavy atom. The summed E-state index contributed by atoms with van der Waals surface area (Å²) >= 11 is 0. The molecule has 0 aromatic carbocycles. The summed E-state index contributed by atoms with van der Waals surface area (Å²) in [7, 11) is -6.37. The van der Waals surface area contributed by atoms with Crippen molar-refractivity contribution in [2.75, 3.05) is 17.8 Å². The molecule has 4 nitrogen and oxygen atoms in total. The van der Waals surface area contributed by atoms with Crippen molar-refractivity contribution in [3.63, 3.8) is 0 Å². The normalized spacial score (nSPS) is 20.3. The summed E-state index contributed by atoms with van der Waals surface area (Å²) in [4.78, 5) is 0. The van der Waals surface area contributed by atoms with Crippen LogP contribution >= 0.6 is 0 Å². The highest BCUT2D eigenvalue weighted by Gasteiger charge is 2.27. The van der Waals surface area contributed by atoms with Gasteiger partial charge in [-0.05, 0) is 12.8 Å². The fourth-order valence-corrected chi connectivity index (χ4v) is 5.38. The van der Waals surface area contributed by atoms with E-state index in [4.69, 9.17) is 0 Å². The SMILES string of the molecule is CS(=O)(=O)CCS(=O)(=O)C1CCCCC1. The summed E-state index contributed by atoms with van der Waals surface area (Å²) in [6.07, 6.45) is 5.46. The van der Waals surface area contributed by atoms with E-state index >= 15 is 0 Å². The van der Waals surface area contributed by atoms with Gasteiger partial charge in [0, 0.05) is 6.26 Å². The van der Waals surface area contributed by atoms with Gasteiger partial charge in [-0.25, -0.2) is 16.8 Å². The highest BCUT2D eigenvalue weighted by Crippen LogP contribution is 2.24. The van der Waals surface area contributed by atoms with Gasteiger partial charge < -0.3 is 0 Å². The third-order valence-corrected chi connectivity index (χ3v) is 6.26. The van der Waals surface area contributed by atoms with Crippen LogP contribution in [-0.2, 0) is 19.7 Å². The number of hydrogen-bond donors (Lipinski definition) is 0. The van der Waals surface area contributed by atoms with Gasteiger partial charge >= 0.3 is 0 Å². The lowest BCUT2D eigenvalue weighted by molar-refractivity contribution is 0.484. The van der Waals surface area contributed by atoms with Crippen molar-refractivity contribution in [1.82, 2.24) is 0 Å². The molecule has 0 N–H and O–H groups in total. The lowest BCUT2D eigenvalue weighted by Crippen LogP contribution is -2.29. The van der Waals surface area contributed by atoms with Gasteiger partial charge in [0.1, 0.15) is 9.84 Å². The van der Waals surface area contributed by atoms with Crippen LogP contribution in [0.15, 0.2) is 0 Å². The Labute approximate surface area is 91.9 Å². The first-order valence-electron chi connectivity index (χ1n) is 5.20. The highest BCUT2D eigenvalue weighted by atomic mass is 32.2. The van der Waals surface area contributed by atoms with Gasteiger partial charge in [0.05, 0.1) is 16.8 Å². The van der Waals surface area contributed by atoms with Gasteiger partial charge in [0.25, 0.3) is 0 Å². The monoisotopic (exact) mass is 254 g/mol. The van der Waals surface area contributed by atoms with E-state index in [0.29, 0.717) is 12.8 Å². The predicted octanol–water partition coefficient (Wildman–Crippen LogP) is 0.778. The van der Waals surface area contributed by atoms with Crippen molar-refractivity contribution in [3.05, 3.63) is 0 Å². The van der Waals surface area contributed by atoms with Crippen molar-refractivity contribution >= 4 is 19.7 Å². The minimum atomic E-state index is -3.20. The molecule has 1 saturated carbocycles. The molecule has 0 aliphatic heterocycles. The minimum Gasteiger partial charge on any atom is -0.229 e. The Hall–Kier alpha value is -0.100. The maximum absolute atomic E-state index is 11.8. The quantitative estimate of drug-likeness (QED) is 0.743. The Balaban J connectivity index is 2.58. The first-order chi connectivity index (χ1) is 6.81. The molecule has 15 heavy (non-hydrogen) atoms. The van der Waals surface area contributed by atoms with E-state index in [9.17, 15) is 16.8 Å². The summed E-state index contributed by atoms with van der Waals surface area (Å²) < 4.78 is 45.3. The van der Waals surface area contributed by atoms with E-state index in [1.165, 1.54) is 0 Å². The van der Waals surface area contributed by atoms with Crippen LogP contribution in [0.25, 0.3) is 0 Å². The Morgan fingerprint density at radius 3 is 1.93 bits per heavy atom. The summed E-state index contributed by atoms with van der Waals surface area (Å²) in [6.45, 7) is 0. The Bertz CT molecular complexity index is 388. The topological polar surface area (TPSA) is 68.3 Å². The molecule has 0 saturated heterocycles. The second-order valence-electron chi connectivity index (χ2n) is 4.26. The van der Waals surface area contributed by atoms with Crippen LogP contribution in [0.5, 0.6) is 0 Å². The van der Waals surface area contributed by atoms with Crippen LogP contribution in [0.2, 0.25) is 0 Å². The molecule has 1 fully saturated rings. The largest absolute Gasteiger partial charge is 0.229 e. The zero-order chi connectivity index (χ0) is 11.5. The van der Waals surface area contributed by atoms with Crippen LogP contribution in [0.1, 0.15) is 32.1 Å². The molecule has 0 aromatic heterocycles. The van der Waals surface area contributed by atoms with Gasteiger partial charge in [0.2, 0.25) is 0 Å². The average Bonchev–Trinajstić information content (AvgIpc) is 2.16. The molecular weight excluding hydrogens is 236 g/mol. The maximum Gasteiger partial charge on any atom is 0.154 e. The molecule has 1 rings (SSSR count). The van der Waals surface area contributed by atoms with Crippen molar-refractivity contribution in [2.45, 2.75) is 37.4 Å². The molecule has 1 aliphatic carbocycles. The van der Waals surface area contributed by atoms with Crippen molar-refractivity contribution in [2.24, 2.45) is 0 Å². The molecule has 0 spiro atoms. The summed E-state index contributed by atoms with van der Waals surface area (Å²) in [6, 6.07) is 0. The lowest BCUT2D eigenvalue weighted by atomic mass is 10.0. The standard InChI is InChI=1S/C9H18O4S2/c1-14(10,11)7-8-15(12,13)9-5-3-2-4-6-9/h9H,2-8H2,1H3. The number of hydrogen-bond acceptors (Lipinski definition) is 4. The molecule has 0 unspecified atom stereocenters. The fraction of sp³-hybridized carbons (Fsp3) is 1.00. The third kappa shape index (κ3) is 4.51. The predicted molar refractivity (Wildman–Crippen MR) is 60.4 cm³/mol. The van der Waals surface area contributed by atoms with Crippen LogP contribution < -0.4 is 0 Å². The molecule has 90 valence electrons. The van der Waals surface area contributed by atoms with Crippen molar-refractivity contribution in [3.8, 4) is 0 Å². The Kier molecular flexibility index (Phi) is 4.17. The smallest absolute Gasteiger partial charge is 0.154 e. The molecule has 0 radical (unpaired) electrons. The molecular formula is C9H18O4S2. The van der Waals surface area contributed by atoms with Gasteiger partial charge in [-0.2, -0.15) is 0 Å². The van der Waals surface area contributed by atoms with Gasteiger partial charge in [-0.3, -0.25) is 0 Å².